The van der Waals surface area contributed by atoms with Gasteiger partial charge in [-0.05, 0) is 38.0 Å². The van der Waals surface area contributed by atoms with Crippen molar-refractivity contribution in [2.24, 2.45) is 11.7 Å². The van der Waals surface area contributed by atoms with Gasteiger partial charge in [-0.1, -0.05) is 44.5 Å². The second kappa shape index (κ2) is 10.2. The van der Waals surface area contributed by atoms with Crippen LogP contribution in [-0.2, 0) is 6.54 Å². The molecule has 0 radical (unpaired) electrons. The van der Waals surface area contributed by atoms with Gasteiger partial charge in [-0.25, -0.2) is 9.67 Å². The Hall–Kier alpha value is -2.80. The summed E-state index contributed by atoms with van der Waals surface area (Å²) in [5, 5.41) is 9.25. The minimum Gasteiger partial charge on any atom is -0.354 e. The van der Waals surface area contributed by atoms with E-state index in [1.807, 2.05) is 42.1 Å². The maximum absolute atomic E-state index is 12.0. The standard InChI is InChI=1S/C25H34N6O/c1-3-5-14-27-25-28-15-21-23(19-10-8-18(9-11-19)22(32)4-2)30-31(24(21)29-25)16-17-6-12-20(26)13-7-17/h8-11,15,17,20H,3-7,12-14,16,26H2,1-2H3,(H,27,28,29). The molecule has 1 aliphatic rings. The van der Waals surface area contributed by atoms with E-state index in [0.717, 1.165) is 79.5 Å². The lowest BCUT2D eigenvalue weighted by Crippen LogP contribution is -2.28. The molecule has 7 heteroatoms. The van der Waals surface area contributed by atoms with Crippen LogP contribution in [0.25, 0.3) is 22.3 Å². The summed E-state index contributed by atoms with van der Waals surface area (Å²) >= 11 is 0. The van der Waals surface area contributed by atoms with Crippen LogP contribution in [0.3, 0.4) is 0 Å². The van der Waals surface area contributed by atoms with Crippen LogP contribution < -0.4 is 11.1 Å². The number of nitrogens with one attached hydrogen (secondary N) is 1. The van der Waals surface area contributed by atoms with Gasteiger partial charge in [-0.2, -0.15) is 10.1 Å². The second-order valence-electron chi connectivity index (χ2n) is 8.88. The van der Waals surface area contributed by atoms with Crippen LogP contribution in [0, 0.1) is 5.92 Å². The number of fused-ring (bicyclic) bond motifs is 1. The molecule has 0 amide bonds. The van der Waals surface area contributed by atoms with Crippen LogP contribution in [0.1, 0.15) is 69.2 Å². The number of rotatable bonds is 9. The van der Waals surface area contributed by atoms with Crippen LogP contribution in [0.15, 0.2) is 30.5 Å². The number of carbonyl (C=O) groups is 1. The van der Waals surface area contributed by atoms with E-state index in [9.17, 15) is 4.79 Å². The minimum atomic E-state index is 0.147. The molecule has 3 aromatic rings. The van der Waals surface area contributed by atoms with Crippen molar-refractivity contribution in [1.82, 2.24) is 19.7 Å². The van der Waals surface area contributed by atoms with Crippen molar-refractivity contribution in [2.75, 3.05) is 11.9 Å². The summed E-state index contributed by atoms with van der Waals surface area (Å²) in [5.74, 6) is 1.35. The molecule has 1 aliphatic carbocycles. The number of hydrogen-bond donors (Lipinski definition) is 2. The number of carbonyl (C=O) groups excluding carboxylic acids is 1. The van der Waals surface area contributed by atoms with Gasteiger partial charge in [0, 0.05) is 42.9 Å². The van der Waals surface area contributed by atoms with Crippen LogP contribution in [-0.4, -0.2) is 38.1 Å². The number of anilines is 1. The highest BCUT2D eigenvalue weighted by molar-refractivity contribution is 5.97. The fourth-order valence-electron chi connectivity index (χ4n) is 4.39. The number of nitrogens with zero attached hydrogens (tertiary/aromatic N) is 4. The molecular weight excluding hydrogens is 400 g/mol. The van der Waals surface area contributed by atoms with E-state index < -0.39 is 0 Å². The van der Waals surface area contributed by atoms with Crippen molar-refractivity contribution in [1.29, 1.82) is 0 Å². The lowest BCUT2D eigenvalue weighted by Gasteiger charge is -2.25. The van der Waals surface area contributed by atoms with Gasteiger partial charge in [0.15, 0.2) is 11.4 Å². The van der Waals surface area contributed by atoms with E-state index in [1.165, 1.54) is 0 Å². The van der Waals surface area contributed by atoms with Gasteiger partial charge < -0.3 is 11.1 Å². The van der Waals surface area contributed by atoms with Gasteiger partial charge in [-0.3, -0.25) is 4.79 Å². The van der Waals surface area contributed by atoms with Crippen molar-refractivity contribution < 1.29 is 4.79 Å². The van der Waals surface area contributed by atoms with Gasteiger partial charge >= 0.3 is 0 Å². The van der Waals surface area contributed by atoms with Crippen LogP contribution in [0.5, 0.6) is 0 Å². The smallest absolute Gasteiger partial charge is 0.224 e. The molecule has 0 aliphatic heterocycles. The highest BCUT2D eigenvalue weighted by Crippen LogP contribution is 2.30. The van der Waals surface area contributed by atoms with E-state index in [2.05, 4.69) is 17.2 Å². The van der Waals surface area contributed by atoms with Gasteiger partial charge in [-0.15, -0.1) is 0 Å². The molecule has 1 fully saturated rings. The predicted octanol–water partition coefficient (Wildman–Crippen LogP) is 4.82. The third kappa shape index (κ3) is 4.99. The summed E-state index contributed by atoms with van der Waals surface area (Å²) < 4.78 is 2.05. The fourth-order valence-corrected chi connectivity index (χ4v) is 4.39. The number of Topliss-reactive ketones (excluding diaryl/α,β-unsaturated/α-hetero) is 1. The zero-order chi connectivity index (χ0) is 22.5. The number of aromatic nitrogens is 4. The molecule has 2 aromatic heterocycles. The highest BCUT2D eigenvalue weighted by Gasteiger charge is 2.22. The maximum Gasteiger partial charge on any atom is 0.224 e. The second-order valence-corrected chi connectivity index (χ2v) is 8.88. The fraction of sp³-hybridized carbons (Fsp3) is 0.520. The van der Waals surface area contributed by atoms with Crippen LogP contribution >= 0.6 is 0 Å². The Morgan fingerprint density at radius 2 is 1.91 bits per heavy atom. The molecule has 1 saturated carbocycles. The molecular formula is C25H34N6O. The predicted molar refractivity (Wildman–Crippen MR) is 129 cm³/mol. The zero-order valence-electron chi connectivity index (χ0n) is 19.2. The molecule has 2 heterocycles. The van der Waals surface area contributed by atoms with Gasteiger partial charge in [0.1, 0.15) is 5.69 Å². The SMILES string of the molecule is CCCCNc1ncc2c(-c3ccc(C(=O)CC)cc3)nn(CC3CCC(N)CC3)c2n1. The molecule has 0 saturated heterocycles. The zero-order valence-corrected chi connectivity index (χ0v) is 19.2. The molecule has 0 spiro atoms. The normalized spacial score (nSPS) is 18.7. The van der Waals surface area contributed by atoms with Crippen molar-refractivity contribution in [3.63, 3.8) is 0 Å². The van der Waals surface area contributed by atoms with Crippen molar-refractivity contribution >= 4 is 22.8 Å². The Kier molecular flexibility index (Phi) is 7.15. The molecule has 3 N–H and O–H groups in total. The first-order valence-electron chi connectivity index (χ1n) is 12.0. The first-order chi connectivity index (χ1) is 15.6. The van der Waals surface area contributed by atoms with E-state index in [1.54, 1.807) is 0 Å². The summed E-state index contributed by atoms with van der Waals surface area (Å²) in [6.45, 7) is 5.74. The quantitative estimate of drug-likeness (QED) is 0.370. The summed E-state index contributed by atoms with van der Waals surface area (Å²) in [6.07, 6.45) is 8.97. The Labute approximate surface area is 189 Å². The largest absolute Gasteiger partial charge is 0.354 e. The highest BCUT2D eigenvalue weighted by atomic mass is 16.1. The Morgan fingerprint density at radius 1 is 1.16 bits per heavy atom. The Balaban J connectivity index is 1.68. The lowest BCUT2D eigenvalue weighted by atomic mass is 9.86. The number of benzene rings is 1. The first kappa shape index (κ1) is 22.4. The number of nitrogens with two attached hydrogens (primary N) is 1. The lowest BCUT2D eigenvalue weighted by molar-refractivity contribution is 0.0988. The van der Waals surface area contributed by atoms with Crippen molar-refractivity contribution in [3.8, 4) is 11.3 Å². The Morgan fingerprint density at radius 3 is 2.59 bits per heavy atom. The van der Waals surface area contributed by atoms with Crippen LogP contribution in [0.4, 0.5) is 5.95 Å². The van der Waals surface area contributed by atoms with Gasteiger partial charge in [0.05, 0.1) is 5.39 Å². The third-order valence-corrected chi connectivity index (χ3v) is 6.43. The third-order valence-electron chi connectivity index (χ3n) is 6.43. The van der Waals surface area contributed by atoms with E-state index >= 15 is 0 Å². The van der Waals surface area contributed by atoms with Crippen molar-refractivity contribution in [2.45, 2.75) is 71.4 Å². The van der Waals surface area contributed by atoms with E-state index in [4.69, 9.17) is 15.8 Å². The maximum atomic E-state index is 12.0. The molecule has 0 unspecified atom stereocenters. The topological polar surface area (TPSA) is 98.7 Å². The molecule has 7 nitrogen and oxygen atoms in total. The molecule has 4 rings (SSSR count). The summed E-state index contributed by atoms with van der Waals surface area (Å²) in [4.78, 5) is 21.4. The molecule has 1 aromatic carbocycles. The summed E-state index contributed by atoms with van der Waals surface area (Å²) in [6, 6.07) is 8.05. The van der Waals surface area contributed by atoms with Crippen LogP contribution in [0.2, 0.25) is 0 Å². The summed E-state index contributed by atoms with van der Waals surface area (Å²) in [5.41, 5.74) is 9.54. The first-order valence-corrected chi connectivity index (χ1v) is 12.0. The molecule has 32 heavy (non-hydrogen) atoms. The number of hydrogen-bond acceptors (Lipinski definition) is 6. The van der Waals surface area contributed by atoms with E-state index in [-0.39, 0.29) is 5.78 Å². The average Bonchev–Trinajstić information content (AvgIpc) is 3.18. The monoisotopic (exact) mass is 434 g/mol. The molecule has 0 atom stereocenters. The van der Waals surface area contributed by atoms with Crippen molar-refractivity contribution in [3.05, 3.63) is 36.0 Å². The van der Waals surface area contributed by atoms with Gasteiger partial charge in [0.25, 0.3) is 0 Å². The minimum absolute atomic E-state index is 0.147. The number of ketones is 1. The number of unbranched alkanes of at least 4 members (excludes halogenated alkanes) is 1. The molecule has 170 valence electrons. The van der Waals surface area contributed by atoms with Gasteiger partial charge in [0.2, 0.25) is 5.95 Å². The summed E-state index contributed by atoms with van der Waals surface area (Å²) in [7, 11) is 0. The average molecular weight is 435 g/mol. The van der Waals surface area contributed by atoms with E-state index in [0.29, 0.717) is 24.3 Å². The molecule has 0 bridgehead atoms. The Bertz CT molecular complexity index is 1050.